The fourth-order valence-electron chi connectivity index (χ4n) is 3.10. The maximum absolute atomic E-state index is 9.12. The highest BCUT2D eigenvalue weighted by atomic mass is 16.3. The summed E-state index contributed by atoms with van der Waals surface area (Å²) in [6.07, 6.45) is 2.02. The number of hydrogen-bond acceptors (Lipinski definition) is 4. The van der Waals surface area contributed by atoms with Gasteiger partial charge in [-0.3, -0.25) is 14.8 Å². The first-order valence-corrected chi connectivity index (χ1v) is 8.26. The molecule has 0 unspecified atom stereocenters. The van der Waals surface area contributed by atoms with Gasteiger partial charge in [0.1, 0.15) is 0 Å². The van der Waals surface area contributed by atoms with Crippen LogP contribution < -0.4 is 0 Å². The maximum atomic E-state index is 9.12. The smallest absolute Gasteiger partial charge is 0.0558 e. The lowest BCUT2D eigenvalue weighted by atomic mass is 9.91. The Hall–Kier alpha value is -0.970. The van der Waals surface area contributed by atoms with E-state index in [1.54, 1.807) is 0 Å². The second-order valence-corrected chi connectivity index (χ2v) is 8.04. The van der Waals surface area contributed by atoms with Crippen LogP contribution in [0.3, 0.4) is 0 Å². The lowest BCUT2D eigenvalue weighted by Gasteiger charge is -2.47. The molecule has 0 radical (unpaired) electrons. The van der Waals surface area contributed by atoms with Crippen molar-refractivity contribution in [2.75, 3.05) is 32.8 Å². The van der Waals surface area contributed by atoms with E-state index >= 15 is 0 Å². The number of pyridine rings is 1. The molecule has 4 heteroatoms. The van der Waals surface area contributed by atoms with Crippen molar-refractivity contribution in [3.63, 3.8) is 0 Å². The Kier molecular flexibility index (Phi) is 5.25. The van der Waals surface area contributed by atoms with Crippen molar-refractivity contribution in [2.24, 2.45) is 0 Å². The van der Waals surface area contributed by atoms with Crippen LogP contribution in [0, 0.1) is 0 Å². The lowest BCUT2D eigenvalue weighted by Crippen LogP contribution is -2.59. The summed E-state index contributed by atoms with van der Waals surface area (Å²) >= 11 is 0. The predicted octanol–water partition coefficient (Wildman–Crippen LogP) is 2.27. The van der Waals surface area contributed by atoms with E-state index in [1.807, 2.05) is 6.20 Å². The number of piperazine rings is 1. The molecular formula is C18H31N3O. The summed E-state index contributed by atoms with van der Waals surface area (Å²) < 4.78 is 0. The van der Waals surface area contributed by atoms with Crippen molar-refractivity contribution in [3.05, 3.63) is 29.6 Å². The van der Waals surface area contributed by atoms with Crippen molar-refractivity contribution in [2.45, 2.75) is 52.1 Å². The third-order valence-corrected chi connectivity index (χ3v) is 4.54. The van der Waals surface area contributed by atoms with Crippen LogP contribution >= 0.6 is 0 Å². The number of aliphatic hydroxyl groups excluding tert-OH is 1. The van der Waals surface area contributed by atoms with Crippen LogP contribution in [0.1, 0.15) is 45.9 Å². The van der Waals surface area contributed by atoms with Gasteiger partial charge in [0.25, 0.3) is 0 Å². The SMILES string of the molecule is CC(C)(C)c1ccc(CN2CCN(CCO)CC2(C)C)cn1. The molecule has 1 aliphatic heterocycles. The van der Waals surface area contributed by atoms with E-state index in [-0.39, 0.29) is 17.6 Å². The second-order valence-electron chi connectivity index (χ2n) is 8.04. The molecule has 0 amide bonds. The standard InChI is InChI=1S/C18H31N3O/c1-17(2,3)16-7-6-15(12-19-16)13-21-9-8-20(10-11-22)14-18(21,4)5/h6-7,12,22H,8-11,13-14H2,1-5H3. The van der Waals surface area contributed by atoms with Gasteiger partial charge in [-0.05, 0) is 25.5 Å². The summed E-state index contributed by atoms with van der Waals surface area (Å²) in [5.74, 6) is 0. The first kappa shape index (κ1) is 17.4. The normalized spacial score (nSPS) is 20.3. The molecule has 22 heavy (non-hydrogen) atoms. The molecule has 0 aliphatic carbocycles. The van der Waals surface area contributed by atoms with Crippen molar-refractivity contribution in [3.8, 4) is 0 Å². The van der Waals surface area contributed by atoms with E-state index in [4.69, 9.17) is 5.11 Å². The molecular weight excluding hydrogens is 274 g/mol. The van der Waals surface area contributed by atoms with Gasteiger partial charge in [0.15, 0.2) is 0 Å². The van der Waals surface area contributed by atoms with Crippen LogP contribution in [0.5, 0.6) is 0 Å². The molecule has 0 aromatic carbocycles. The largest absolute Gasteiger partial charge is 0.395 e. The highest BCUT2D eigenvalue weighted by Gasteiger charge is 2.33. The van der Waals surface area contributed by atoms with E-state index in [1.165, 1.54) is 5.56 Å². The molecule has 4 nitrogen and oxygen atoms in total. The zero-order valence-electron chi connectivity index (χ0n) is 14.8. The van der Waals surface area contributed by atoms with Gasteiger partial charge in [0, 0.05) is 55.6 Å². The van der Waals surface area contributed by atoms with Gasteiger partial charge < -0.3 is 5.11 Å². The quantitative estimate of drug-likeness (QED) is 0.926. The van der Waals surface area contributed by atoms with Crippen LogP contribution in [0.4, 0.5) is 0 Å². The molecule has 2 heterocycles. The van der Waals surface area contributed by atoms with Gasteiger partial charge in [-0.1, -0.05) is 26.8 Å². The summed E-state index contributed by atoms with van der Waals surface area (Å²) in [5, 5.41) is 9.12. The number of rotatable bonds is 4. The Bertz CT molecular complexity index is 476. The van der Waals surface area contributed by atoms with Gasteiger partial charge in [-0.15, -0.1) is 0 Å². The zero-order chi connectivity index (χ0) is 16.4. The minimum absolute atomic E-state index is 0.105. The predicted molar refractivity (Wildman–Crippen MR) is 91.0 cm³/mol. The Morgan fingerprint density at radius 3 is 2.45 bits per heavy atom. The molecule has 0 atom stereocenters. The molecule has 1 saturated heterocycles. The Morgan fingerprint density at radius 1 is 1.23 bits per heavy atom. The minimum atomic E-state index is 0.105. The Labute approximate surface area is 135 Å². The average Bonchev–Trinajstić information content (AvgIpc) is 2.41. The fraction of sp³-hybridized carbons (Fsp3) is 0.722. The molecule has 124 valence electrons. The highest BCUT2D eigenvalue weighted by molar-refractivity contribution is 5.19. The van der Waals surface area contributed by atoms with Crippen molar-refractivity contribution in [1.82, 2.24) is 14.8 Å². The Balaban J connectivity index is 2.01. The van der Waals surface area contributed by atoms with Crippen LogP contribution in [-0.4, -0.2) is 58.2 Å². The molecule has 0 bridgehead atoms. The number of hydrogen-bond donors (Lipinski definition) is 1. The van der Waals surface area contributed by atoms with Crippen LogP contribution in [0.25, 0.3) is 0 Å². The molecule has 1 fully saturated rings. The summed E-state index contributed by atoms with van der Waals surface area (Å²) in [7, 11) is 0. The van der Waals surface area contributed by atoms with Crippen LogP contribution in [0.2, 0.25) is 0 Å². The summed E-state index contributed by atoms with van der Waals surface area (Å²) in [6.45, 7) is 16.2. The number of aliphatic hydroxyl groups is 1. The lowest BCUT2D eigenvalue weighted by molar-refractivity contribution is 0.00784. The number of aromatic nitrogens is 1. The van der Waals surface area contributed by atoms with Crippen LogP contribution in [0.15, 0.2) is 18.3 Å². The minimum Gasteiger partial charge on any atom is -0.395 e. The van der Waals surface area contributed by atoms with Crippen molar-refractivity contribution < 1.29 is 5.11 Å². The molecule has 1 aliphatic rings. The fourth-order valence-corrected chi connectivity index (χ4v) is 3.10. The molecule has 2 rings (SSSR count). The average molecular weight is 305 g/mol. The second kappa shape index (κ2) is 6.65. The third-order valence-electron chi connectivity index (χ3n) is 4.54. The van der Waals surface area contributed by atoms with Gasteiger partial charge >= 0.3 is 0 Å². The monoisotopic (exact) mass is 305 g/mol. The van der Waals surface area contributed by atoms with E-state index in [0.29, 0.717) is 0 Å². The molecule has 1 aromatic heterocycles. The third kappa shape index (κ3) is 4.28. The number of nitrogens with zero attached hydrogens (tertiary/aromatic N) is 3. The van der Waals surface area contributed by atoms with Gasteiger partial charge in [0.05, 0.1) is 6.61 Å². The van der Waals surface area contributed by atoms with E-state index in [2.05, 4.69) is 61.5 Å². The zero-order valence-corrected chi connectivity index (χ0v) is 14.8. The van der Waals surface area contributed by atoms with E-state index < -0.39 is 0 Å². The number of β-amino-alcohol motifs (C(OH)–C–C–N with tert-alkyl or cyclic N) is 1. The van der Waals surface area contributed by atoms with Gasteiger partial charge in [-0.2, -0.15) is 0 Å². The first-order chi connectivity index (χ1) is 10.2. The molecule has 0 spiro atoms. The molecule has 1 N–H and O–H groups in total. The summed E-state index contributed by atoms with van der Waals surface area (Å²) in [4.78, 5) is 9.50. The van der Waals surface area contributed by atoms with Crippen molar-refractivity contribution in [1.29, 1.82) is 0 Å². The summed E-state index contributed by atoms with van der Waals surface area (Å²) in [5.41, 5.74) is 2.64. The summed E-state index contributed by atoms with van der Waals surface area (Å²) in [6, 6.07) is 4.37. The van der Waals surface area contributed by atoms with Gasteiger partial charge in [0.2, 0.25) is 0 Å². The first-order valence-electron chi connectivity index (χ1n) is 8.26. The van der Waals surface area contributed by atoms with Crippen LogP contribution in [-0.2, 0) is 12.0 Å². The maximum Gasteiger partial charge on any atom is 0.0558 e. The highest BCUT2D eigenvalue weighted by Crippen LogP contribution is 2.24. The van der Waals surface area contributed by atoms with E-state index in [9.17, 15) is 0 Å². The topological polar surface area (TPSA) is 39.6 Å². The molecule has 1 aromatic rings. The Morgan fingerprint density at radius 2 is 1.95 bits per heavy atom. The molecule has 0 saturated carbocycles. The van der Waals surface area contributed by atoms with Gasteiger partial charge in [-0.25, -0.2) is 0 Å². The van der Waals surface area contributed by atoms with E-state index in [0.717, 1.165) is 38.4 Å². The van der Waals surface area contributed by atoms with Crippen molar-refractivity contribution >= 4 is 0 Å².